The number of carboxylic acids is 1. The summed E-state index contributed by atoms with van der Waals surface area (Å²) in [6.45, 7) is 14.7. The van der Waals surface area contributed by atoms with Crippen LogP contribution in [0, 0.1) is 0 Å². The summed E-state index contributed by atoms with van der Waals surface area (Å²) in [5, 5.41) is 25.7. The molecule has 0 saturated carbocycles. The minimum atomic E-state index is -1.26. The van der Waals surface area contributed by atoms with Gasteiger partial charge in [-0.3, -0.25) is 24.0 Å². The van der Waals surface area contributed by atoms with Crippen molar-refractivity contribution in [2.75, 3.05) is 26.2 Å². The number of unbranched alkanes of at least 4 members (excludes halogenated alkanes) is 3. The van der Waals surface area contributed by atoms with Crippen LogP contribution in [-0.4, -0.2) is 119 Å². The minimum absolute atomic E-state index is 0.00486. The van der Waals surface area contributed by atoms with Crippen LogP contribution >= 0.6 is 0 Å². The molecule has 376 valence electrons. The zero-order valence-corrected chi connectivity index (χ0v) is 41.2. The molecule has 18 nitrogen and oxygen atoms in total. The Morgan fingerprint density at radius 2 is 1.24 bits per heavy atom. The predicted octanol–water partition coefficient (Wildman–Crippen LogP) is 5.76. The van der Waals surface area contributed by atoms with E-state index in [-0.39, 0.29) is 51.3 Å². The Morgan fingerprint density at radius 3 is 1.76 bits per heavy atom. The van der Waals surface area contributed by atoms with Crippen molar-refractivity contribution in [3.8, 4) is 11.1 Å². The quantitative estimate of drug-likeness (QED) is 0.0590. The number of benzene rings is 2. The van der Waals surface area contributed by atoms with Gasteiger partial charge in [0.05, 0.1) is 0 Å². The highest BCUT2D eigenvalue weighted by Crippen LogP contribution is 2.22. The first-order valence-corrected chi connectivity index (χ1v) is 23.9. The second-order valence-electron chi connectivity index (χ2n) is 19.2. The lowest BCUT2D eigenvalue weighted by molar-refractivity contribution is -0.143. The molecule has 1 saturated heterocycles. The molecule has 1 heterocycles. The van der Waals surface area contributed by atoms with Crippen molar-refractivity contribution in [3.05, 3.63) is 59.7 Å². The van der Waals surface area contributed by atoms with Gasteiger partial charge in [-0.2, -0.15) is 0 Å². The number of aryl methyl sites for hydroxylation is 1. The topological polar surface area (TPSA) is 251 Å². The maximum atomic E-state index is 14.2. The number of ether oxygens (including phenoxy) is 2. The maximum Gasteiger partial charge on any atom is 0.407 e. The Hall–Kier alpha value is -6.20. The van der Waals surface area contributed by atoms with Gasteiger partial charge in [0.15, 0.2) is 0 Å². The molecule has 0 bridgehead atoms. The van der Waals surface area contributed by atoms with Crippen LogP contribution in [0.1, 0.15) is 142 Å². The number of hydrogen-bond donors (Lipinski definition) is 7. The highest BCUT2D eigenvalue weighted by molar-refractivity contribution is 5.96. The number of rotatable bonds is 25. The zero-order chi connectivity index (χ0) is 50.4. The third-order valence-corrected chi connectivity index (χ3v) is 10.9. The monoisotopic (exact) mass is 950 g/mol. The fourth-order valence-electron chi connectivity index (χ4n) is 7.36. The average molecular weight is 950 g/mol. The Kier molecular flexibility index (Phi) is 22.8. The number of alkyl carbamates (subject to hydrolysis) is 2. The number of nitrogens with zero attached hydrogens (tertiary/aromatic N) is 1. The number of amides is 7. The molecular formula is C50H75N7O11. The van der Waals surface area contributed by atoms with E-state index in [1.165, 1.54) is 17.4 Å². The fourth-order valence-corrected chi connectivity index (χ4v) is 7.36. The summed E-state index contributed by atoms with van der Waals surface area (Å²) >= 11 is 0. The summed E-state index contributed by atoms with van der Waals surface area (Å²) in [5.41, 5.74) is 2.38. The molecule has 1 aliphatic heterocycles. The minimum Gasteiger partial charge on any atom is -0.480 e. The van der Waals surface area contributed by atoms with E-state index in [4.69, 9.17) is 9.47 Å². The molecule has 3 rings (SSSR count). The molecule has 0 aromatic heterocycles. The van der Waals surface area contributed by atoms with Crippen LogP contribution in [-0.2, 0) is 39.9 Å². The van der Waals surface area contributed by atoms with Crippen LogP contribution in [0.5, 0.6) is 0 Å². The van der Waals surface area contributed by atoms with Crippen molar-refractivity contribution in [1.82, 2.24) is 36.8 Å². The molecule has 7 N–H and O–H groups in total. The molecule has 7 amide bonds. The first-order valence-electron chi connectivity index (χ1n) is 23.9. The molecule has 2 aromatic carbocycles. The van der Waals surface area contributed by atoms with Crippen molar-refractivity contribution >= 4 is 47.7 Å². The van der Waals surface area contributed by atoms with Gasteiger partial charge in [-0.05, 0) is 141 Å². The number of carbonyl (C=O) groups excluding carboxylic acids is 7. The van der Waals surface area contributed by atoms with Crippen molar-refractivity contribution in [2.45, 2.75) is 168 Å². The third-order valence-electron chi connectivity index (χ3n) is 10.9. The van der Waals surface area contributed by atoms with Gasteiger partial charge in [-0.15, -0.1) is 0 Å². The van der Waals surface area contributed by atoms with Crippen LogP contribution in [0.4, 0.5) is 9.59 Å². The molecule has 68 heavy (non-hydrogen) atoms. The van der Waals surface area contributed by atoms with Gasteiger partial charge in [0.25, 0.3) is 5.91 Å². The lowest BCUT2D eigenvalue weighted by Gasteiger charge is -2.29. The van der Waals surface area contributed by atoms with Crippen LogP contribution in [0.3, 0.4) is 0 Å². The molecule has 0 aliphatic carbocycles. The summed E-state index contributed by atoms with van der Waals surface area (Å²) in [5.74, 6) is -3.95. The predicted molar refractivity (Wildman–Crippen MR) is 257 cm³/mol. The van der Waals surface area contributed by atoms with Gasteiger partial charge >= 0.3 is 18.2 Å². The lowest BCUT2D eigenvalue weighted by atomic mass is 10.0. The number of aliphatic carboxylic acids is 1. The largest absolute Gasteiger partial charge is 0.480 e. The SMILES string of the molecule is CCCCc1ccc(-c2ccc(C(=O)NCCC(=O)N[C@@H](CCCCNC(=O)OC(C)(C)C)C(=O)N3CCC[C@H]3C(=O)N[C@@H](C)C(=O)N[C@@H](CCCCNC(=O)OC(C)(C)C)C(=O)O)cc2)cc1. The number of likely N-dealkylation sites (tertiary alicyclic amines) is 1. The molecule has 0 radical (unpaired) electrons. The normalized spacial score (nSPS) is 14.9. The summed E-state index contributed by atoms with van der Waals surface area (Å²) in [6.07, 6.45) is 4.68. The average Bonchev–Trinajstić information content (AvgIpc) is 3.76. The van der Waals surface area contributed by atoms with Crippen LogP contribution in [0.15, 0.2) is 48.5 Å². The van der Waals surface area contributed by atoms with E-state index in [9.17, 15) is 43.5 Å². The summed E-state index contributed by atoms with van der Waals surface area (Å²) in [4.78, 5) is 105. The summed E-state index contributed by atoms with van der Waals surface area (Å²) in [7, 11) is 0. The van der Waals surface area contributed by atoms with E-state index in [1.54, 1.807) is 53.7 Å². The van der Waals surface area contributed by atoms with E-state index in [2.05, 4.69) is 63.1 Å². The van der Waals surface area contributed by atoms with Crippen LogP contribution < -0.4 is 31.9 Å². The van der Waals surface area contributed by atoms with Gasteiger partial charge in [0.1, 0.15) is 35.4 Å². The zero-order valence-electron chi connectivity index (χ0n) is 41.2. The van der Waals surface area contributed by atoms with E-state index in [1.807, 2.05) is 12.1 Å². The van der Waals surface area contributed by atoms with Crippen molar-refractivity contribution in [3.63, 3.8) is 0 Å². The molecule has 4 atom stereocenters. The van der Waals surface area contributed by atoms with Crippen LogP contribution in [0.2, 0.25) is 0 Å². The molecule has 18 heteroatoms. The van der Waals surface area contributed by atoms with Crippen LogP contribution in [0.25, 0.3) is 11.1 Å². The van der Waals surface area contributed by atoms with E-state index >= 15 is 0 Å². The van der Waals surface area contributed by atoms with Gasteiger partial charge in [-0.1, -0.05) is 49.7 Å². The molecule has 0 unspecified atom stereocenters. The van der Waals surface area contributed by atoms with Crippen molar-refractivity contribution < 1.29 is 52.9 Å². The maximum absolute atomic E-state index is 14.2. The first-order chi connectivity index (χ1) is 32.1. The fraction of sp³-hybridized carbons (Fsp3) is 0.600. The highest BCUT2D eigenvalue weighted by atomic mass is 16.6. The second kappa shape index (κ2) is 27.6. The second-order valence-corrected chi connectivity index (χ2v) is 19.2. The summed E-state index contributed by atoms with van der Waals surface area (Å²) in [6, 6.07) is 11.2. The standard InChI is InChI=1S/C50H75N7O11/c1-9-10-16-34-20-22-35(23-21-34)36-24-26-37(27-25-36)43(60)51-31-28-41(58)55-38(17-11-13-29-52-47(65)67-49(3,4)5)45(62)57-32-15-19-40(57)44(61)54-33(2)42(59)56-39(46(63)64)18-12-14-30-53-48(66)68-50(6,7)8/h20-27,33,38-40H,9-19,28-32H2,1-8H3,(H,51,60)(H,52,65)(H,53,66)(H,54,61)(H,55,58)(H,56,59)(H,63,64)/t33-,38-,39-,40-/m0/s1. The Bertz CT molecular complexity index is 2000. The van der Waals surface area contributed by atoms with Gasteiger partial charge in [-0.25, -0.2) is 14.4 Å². The lowest BCUT2D eigenvalue weighted by Crippen LogP contribution is -2.56. The number of carboxylic acid groups (broad SMARTS) is 1. The summed E-state index contributed by atoms with van der Waals surface area (Å²) < 4.78 is 10.5. The van der Waals surface area contributed by atoms with Gasteiger partial charge in [0, 0.05) is 38.2 Å². The van der Waals surface area contributed by atoms with E-state index < -0.39 is 77.2 Å². The number of carbonyl (C=O) groups is 8. The molecular weight excluding hydrogens is 875 g/mol. The third kappa shape index (κ3) is 20.8. The van der Waals surface area contributed by atoms with Crippen molar-refractivity contribution in [1.29, 1.82) is 0 Å². The molecule has 1 fully saturated rings. The van der Waals surface area contributed by atoms with Gasteiger partial charge in [0.2, 0.25) is 23.6 Å². The Labute approximate surface area is 401 Å². The van der Waals surface area contributed by atoms with E-state index in [0.29, 0.717) is 44.1 Å². The first kappa shape index (κ1) is 56.1. The van der Waals surface area contributed by atoms with Crippen molar-refractivity contribution in [2.24, 2.45) is 0 Å². The van der Waals surface area contributed by atoms with E-state index in [0.717, 1.165) is 30.4 Å². The highest BCUT2D eigenvalue weighted by Gasteiger charge is 2.38. The number of hydrogen-bond acceptors (Lipinski definition) is 10. The molecule has 0 spiro atoms. The smallest absolute Gasteiger partial charge is 0.407 e. The Morgan fingerprint density at radius 1 is 0.691 bits per heavy atom. The Balaban J connectivity index is 1.58. The number of nitrogens with one attached hydrogen (secondary N) is 6. The molecule has 1 aliphatic rings. The molecule has 2 aromatic rings. The van der Waals surface area contributed by atoms with Gasteiger partial charge < -0.3 is 51.4 Å².